The van der Waals surface area contributed by atoms with Crippen LogP contribution in [0.5, 0.6) is 0 Å². The van der Waals surface area contributed by atoms with E-state index in [2.05, 4.69) is 46.0 Å². The minimum absolute atomic E-state index is 0.101. The molecule has 6 heteroatoms. The third kappa shape index (κ3) is 4.65. The maximum Gasteiger partial charge on any atom is 0.274 e. The van der Waals surface area contributed by atoms with Crippen molar-refractivity contribution in [2.75, 3.05) is 5.32 Å². The van der Waals surface area contributed by atoms with Crippen LogP contribution in [0, 0.1) is 0 Å². The maximum absolute atomic E-state index is 12.9. The topological polar surface area (TPSA) is 59.8 Å². The summed E-state index contributed by atoms with van der Waals surface area (Å²) in [4.78, 5) is 21.6. The zero-order chi connectivity index (χ0) is 21.8. The van der Waals surface area contributed by atoms with Gasteiger partial charge < -0.3 is 4.57 Å². The van der Waals surface area contributed by atoms with Crippen molar-refractivity contribution in [2.24, 2.45) is 0 Å². The molecular formula is C26H26N4OS. The average Bonchev–Trinajstić information content (AvgIpc) is 3.44. The smallest absolute Gasteiger partial charge is 0.274 e. The van der Waals surface area contributed by atoms with Crippen LogP contribution >= 0.6 is 11.3 Å². The molecule has 162 valence electrons. The summed E-state index contributed by atoms with van der Waals surface area (Å²) in [7, 11) is 0. The molecule has 5 rings (SSSR count). The Morgan fingerprint density at radius 3 is 2.66 bits per heavy atom. The Labute approximate surface area is 192 Å². The van der Waals surface area contributed by atoms with Crippen molar-refractivity contribution in [3.63, 3.8) is 0 Å². The summed E-state index contributed by atoms with van der Waals surface area (Å²) < 4.78 is 2.02. The number of nitrogens with zero attached hydrogens (tertiary/aromatic N) is 3. The zero-order valence-corrected chi connectivity index (χ0v) is 18.7. The molecule has 1 aliphatic rings. The number of nitrogens with one attached hydrogen (secondary N) is 1. The number of aryl methyl sites for hydroxylation is 2. The zero-order valence-electron chi connectivity index (χ0n) is 17.9. The molecule has 0 aliphatic heterocycles. The first-order valence-electron chi connectivity index (χ1n) is 11.1. The third-order valence-corrected chi connectivity index (χ3v) is 7.02. The number of pyridine rings is 1. The quantitative estimate of drug-likeness (QED) is 0.370. The molecule has 0 saturated heterocycles. The van der Waals surface area contributed by atoms with Crippen LogP contribution in [0.2, 0.25) is 0 Å². The van der Waals surface area contributed by atoms with E-state index in [0.29, 0.717) is 22.7 Å². The van der Waals surface area contributed by atoms with Crippen molar-refractivity contribution in [2.45, 2.75) is 44.1 Å². The highest BCUT2D eigenvalue weighted by Crippen LogP contribution is 2.47. The Morgan fingerprint density at radius 1 is 1.03 bits per heavy atom. The standard InChI is InChI=1S/C26H26N4OS/c31-25(24-9-5-15-30(24)14-4-6-19-10-12-27-13-11-19)29-26-28-23(18-32-26)22-16-21(17-22)20-7-2-1-3-8-20/h1-3,5,7-13,15,18,21-22H,4,6,14,16-17H2,(H,28,29,31). The van der Waals surface area contributed by atoms with E-state index in [1.807, 2.05) is 47.4 Å². The van der Waals surface area contributed by atoms with Gasteiger partial charge in [0.2, 0.25) is 0 Å². The summed E-state index contributed by atoms with van der Waals surface area (Å²) in [6.45, 7) is 0.796. The Hall–Kier alpha value is -3.25. The van der Waals surface area contributed by atoms with Crippen LogP contribution in [0.1, 0.15) is 58.4 Å². The Morgan fingerprint density at radius 2 is 1.84 bits per heavy atom. The molecule has 1 saturated carbocycles. The molecule has 1 fully saturated rings. The number of benzene rings is 1. The number of rotatable bonds is 8. The highest BCUT2D eigenvalue weighted by molar-refractivity contribution is 7.14. The molecule has 1 aliphatic carbocycles. The lowest BCUT2D eigenvalue weighted by Crippen LogP contribution is -2.20. The largest absolute Gasteiger partial charge is 0.344 e. The van der Waals surface area contributed by atoms with Crippen molar-refractivity contribution < 1.29 is 4.79 Å². The molecule has 3 heterocycles. The number of carbonyl (C=O) groups is 1. The van der Waals surface area contributed by atoms with E-state index >= 15 is 0 Å². The van der Waals surface area contributed by atoms with Gasteiger partial charge in [0.25, 0.3) is 5.91 Å². The van der Waals surface area contributed by atoms with Gasteiger partial charge in [0.1, 0.15) is 5.69 Å². The Bertz CT molecular complexity index is 1160. The van der Waals surface area contributed by atoms with E-state index < -0.39 is 0 Å². The fraction of sp³-hybridized carbons (Fsp3) is 0.269. The fourth-order valence-electron chi connectivity index (χ4n) is 4.37. The number of thiazole rings is 1. The van der Waals surface area contributed by atoms with Crippen LogP contribution in [0.4, 0.5) is 5.13 Å². The summed E-state index contributed by atoms with van der Waals surface area (Å²) in [6.07, 6.45) is 9.78. The first kappa shape index (κ1) is 20.6. The molecule has 32 heavy (non-hydrogen) atoms. The molecular weight excluding hydrogens is 416 g/mol. The average molecular weight is 443 g/mol. The fourth-order valence-corrected chi connectivity index (χ4v) is 5.15. The normalized spacial score (nSPS) is 17.6. The second-order valence-electron chi connectivity index (χ2n) is 8.35. The lowest BCUT2D eigenvalue weighted by atomic mass is 9.70. The van der Waals surface area contributed by atoms with Gasteiger partial charge in [0.05, 0.1) is 5.69 Å². The third-order valence-electron chi connectivity index (χ3n) is 6.25. The minimum atomic E-state index is -0.101. The lowest BCUT2D eigenvalue weighted by Gasteiger charge is -2.34. The van der Waals surface area contributed by atoms with Gasteiger partial charge in [-0.2, -0.15) is 0 Å². The second-order valence-corrected chi connectivity index (χ2v) is 9.21. The molecule has 0 atom stereocenters. The van der Waals surface area contributed by atoms with Gasteiger partial charge in [-0.1, -0.05) is 30.3 Å². The molecule has 0 bridgehead atoms. The van der Waals surface area contributed by atoms with E-state index in [0.717, 1.165) is 37.9 Å². The number of hydrogen-bond acceptors (Lipinski definition) is 4. The molecule has 0 radical (unpaired) electrons. The molecule has 1 amide bonds. The van der Waals surface area contributed by atoms with Gasteiger partial charge in [0.15, 0.2) is 5.13 Å². The van der Waals surface area contributed by atoms with Crippen LogP contribution < -0.4 is 5.32 Å². The maximum atomic E-state index is 12.9. The first-order valence-corrected chi connectivity index (χ1v) is 12.0. The van der Waals surface area contributed by atoms with Gasteiger partial charge in [0, 0.05) is 36.4 Å². The molecule has 3 aromatic heterocycles. The van der Waals surface area contributed by atoms with Crippen molar-refractivity contribution in [3.05, 3.63) is 101 Å². The summed E-state index contributed by atoms with van der Waals surface area (Å²) in [6, 6.07) is 18.6. The van der Waals surface area contributed by atoms with Crippen LogP contribution in [-0.2, 0) is 13.0 Å². The number of carbonyl (C=O) groups excluding carboxylic acids is 1. The minimum Gasteiger partial charge on any atom is -0.344 e. The Kier molecular flexibility index (Phi) is 6.12. The number of aromatic nitrogens is 3. The predicted octanol–water partition coefficient (Wildman–Crippen LogP) is 5.89. The van der Waals surface area contributed by atoms with Crippen LogP contribution in [0.25, 0.3) is 0 Å². The predicted molar refractivity (Wildman–Crippen MR) is 128 cm³/mol. The van der Waals surface area contributed by atoms with Gasteiger partial charge >= 0.3 is 0 Å². The van der Waals surface area contributed by atoms with E-state index in [1.165, 1.54) is 22.5 Å². The van der Waals surface area contributed by atoms with Gasteiger partial charge in [-0.05, 0) is 67.0 Å². The van der Waals surface area contributed by atoms with Crippen molar-refractivity contribution in [3.8, 4) is 0 Å². The highest BCUT2D eigenvalue weighted by atomic mass is 32.1. The van der Waals surface area contributed by atoms with Crippen molar-refractivity contribution >= 4 is 22.4 Å². The van der Waals surface area contributed by atoms with Crippen LogP contribution in [0.3, 0.4) is 0 Å². The van der Waals surface area contributed by atoms with Gasteiger partial charge in [-0.3, -0.25) is 15.1 Å². The van der Waals surface area contributed by atoms with Crippen molar-refractivity contribution in [1.82, 2.24) is 14.5 Å². The molecule has 4 aromatic rings. The second kappa shape index (κ2) is 9.49. The molecule has 0 spiro atoms. The van der Waals surface area contributed by atoms with Crippen LogP contribution in [0.15, 0.2) is 78.6 Å². The number of hydrogen-bond donors (Lipinski definition) is 1. The first-order chi connectivity index (χ1) is 15.8. The summed E-state index contributed by atoms with van der Waals surface area (Å²) in [5.74, 6) is 1.01. The van der Waals surface area contributed by atoms with E-state index in [1.54, 1.807) is 0 Å². The molecule has 1 aromatic carbocycles. The molecule has 0 unspecified atom stereocenters. The SMILES string of the molecule is O=C(Nc1nc(C2CC(c3ccccc3)C2)cs1)c1cccn1CCCc1ccncc1. The van der Waals surface area contributed by atoms with E-state index in [9.17, 15) is 4.79 Å². The monoisotopic (exact) mass is 442 g/mol. The van der Waals surface area contributed by atoms with E-state index in [-0.39, 0.29) is 5.91 Å². The molecule has 5 nitrogen and oxygen atoms in total. The molecule has 1 N–H and O–H groups in total. The summed E-state index contributed by atoms with van der Waals surface area (Å²) in [5.41, 5.74) is 4.45. The summed E-state index contributed by atoms with van der Waals surface area (Å²) in [5, 5.41) is 5.77. The summed E-state index contributed by atoms with van der Waals surface area (Å²) >= 11 is 1.51. The van der Waals surface area contributed by atoms with Gasteiger partial charge in [-0.25, -0.2) is 4.98 Å². The lowest BCUT2D eigenvalue weighted by molar-refractivity contribution is 0.101. The van der Waals surface area contributed by atoms with Gasteiger partial charge in [-0.15, -0.1) is 11.3 Å². The van der Waals surface area contributed by atoms with Crippen LogP contribution in [-0.4, -0.2) is 20.4 Å². The van der Waals surface area contributed by atoms with E-state index in [4.69, 9.17) is 4.98 Å². The highest BCUT2D eigenvalue weighted by Gasteiger charge is 2.33. The number of anilines is 1. The number of amides is 1. The Balaban J connectivity index is 1.15. The van der Waals surface area contributed by atoms with Crippen molar-refractivity contribution in [1.29, 1.82) is 0 Å².